The van der Waals surface area contributed by atoms with E-state index in [9.17, 15) is 4.79 Å². The monoisotopic (exact) mass is 254 g/mol. The molecule has 2 fully saturated rings. The van der Waals surface area contributed by atoms with Gasteiger partial charge in [0.05, 0.1) is 6.61 Å². The van der Waals surface area contributed by atoms with E-state index in [1.54, 1.807) is 0 Å². The van der Waals surface area contributed by atoms with Gasteiger partial charge in [0.2, 0.25) is 0 Å². The standard InChI is InChI=1S/C14H26N2O2/c1-3-18-13(17)14(7-11-15(2)12-8-14)16-9-5-4-6-10-16/h3-12H2,1-2H3. The molecule has 0 saturated carbocycles. The van der Waals surface area contributed by atoms with E-state index in [-0.39, 0.29) is 11.5 Å². The molecule has 0 aromatic heterocycles. The van der Waals surface area contributed by atoms with Crippen LogP contribution in [0.25, 0.3) is 0 Å². The Balaban J connectivity index is 2.13. The molecule has 0 bridgehead atoms. The quantitative estimate of drug-likeness (QED) is 0.715. The van der Waals surface area contributed by atoms with Gasteiger partial charge < -0.3 is 9.64 Å². The van der Waals surface area contributed by atoms with E-state index in [1.807, 2.05) is 6.92 Å². The molecule has 0 aliphatic carbocycles. The Bertz CT molecular complexity index is 280. The Morgan fingerprint density at radius 3 is 2.28 bits per heavy atom. The van der Waals surface area contributed by atoms with E-state index >= 15 is 0 Å². The molecular weight excluding hydrogens is 228 g/mol. The van der Waals surface area contributed by atoms with Crippen LogP contribution in [0.3, 0.4) is 0 Å². The lowest BCUT2D eigenvalue weighted by Crippen LogP contribution is -2.61. The predicted molar refractivity (Wildman–Crippen MR) is 71.5 cm³/mol. The fourth-order valence-electron chi connectivity index (χ4n) is 3.23. The van der Waals surface area contributed by atoms with Crippen LogP contribution in [0.2, 0.25) is 0 Å². The van der Waals surface area contributed by atoms with E-state index in [2.05, 4.69) is 16.8 Å². The normalized spacial score (nSPS) is 25.9. The topological polar surface area (TPSA) is 32.8 Å². The molecule has 2 aliphatic heterocycles. The van der Waals surface area contributed by atoms with Crippen LogP contribution in [-0.2, 0) is 9.53 Å². The first-order valence-corrected chi connectivity index (χ1v) is 7.30. The van der Waals surface area contributed by atoms with Gasteiger partial charge in [-0.1, -0.05) is 6.42 Å². The summed E-state index contributed by atoms with van der Waals surface area (Å²) in [6.45, 7) is 6.50. The van der Waals surface area contributed by atoms with Crippen molar-refractivity contribution in [2.45, 2.75) is 44.6 Å². The number of hydrogen-bond acceptors (Lipinski definition) is 4. The van der Waals surface area contributed by atoms with Crippen LogP contribution in [0.5, 0.6) is 0 Å². The van der Waals surface area contributed by atoms with E-state index in [1.165, 1.54) is 19.3 Å². The molecule has 4 nitrogen and oxygen atoms in total. The van der Waals surface area contributed by atoms with Gasteiger partial charge in [0.25, 0.3) is 0 Å². The van der Waals surface area contributed by atoms with Crippen LogP contribution in [0.4, 0.5) is 0 Å². The zero-order chi connectivity index (χ0) is 13.0. The molecular formula is C14H26N2O2. The highest BCUT2D eigenvalue weighted by atomic mass is 16.5. The second kappa shape index (κ2) is 6.02. The molecule has 18 heavy (non-hydrogen) atoms. The first kappa shape index (κ1) is 13.8. The van der Waals surface area contributed by atoms with Gasteiger partial charge in [-0.3, -0.25) is 9.69 Å². The zero-order valence-corrected chi connectivity index (χ0v) is 11.8. The van der Waals surface area contributed by atoms with Gasteiger partial charge >= 0.3 is 5.97 Å². The zero-order valence-electron chi connectivity index (χ0n) is 11.8. The summed E-state index contributed by atoms with van der Waals surface area (Å²) in [6, 6.07) is 0. The van der Waals surface area contributed by atoms with Crippen LogP contribution in [-0.4, -0.2) is 61.1 Å². The van der Waals surface area contributed by atoms with Crippen molar-refractivity contribution in [3.05, 3.63) is 0 Å². The Morgan fingerprint density at radius 1 is 1.11 bits per heavy atom. The number of esters is 1. The molecule has 2 saturated heterocycles. The second-order valence-electron chi connectivity index (χ2n) is 5.60. The number of nitrogens with zero attached hydrogens (tertiary/aromatic N) is 2. The van der Waals surface area contributed by atoms with Gasteiger partial charge in [-0.15, -0.1) is 0 Å². The van der Waals surface area contributed by atoms with Gasteiger partial charge in [0, 0.05) is 13.1 Å². The molecule has 0 unspecified atom stereocenters. The van der Waals surface area contributed by atoms with E-state index in [0.717, 1.165) is 39.0 Å². The highest BCUT2D eigenvalue weighted by molar-refractivity contribution is 5.81. The van der Waals surface area contributed by atoms with Crippen molar-refractivity contribution in [1.82, 2.24) is 9.80 Å². The predicted octanol–water partition coefficient (Wildman–Crippen LogP) is 1.50. The highest BCUT2D eigenvalue weighted by Crippen LogP contribution is 2.32. The fourth-order valence-corrected chi connectivity index (χ4v) is 3.23. The summed E-state index contributed by atoms with van der Waals surface area (Å²) in [5.74, 6) is 0.0139. The van der Waals surface area contributed by atoms with Crippen molar-refractivity contribution < 1.29 is 9.53 Å². The van der Waals surface area contributed by atoms with Crippen LogP contribution in [0.15, 0.2) is 0 Å². The summed E-state index contributed by atoms with van der Waals surface area (Å²) in [4.78, 5) is 17.2. The molecule has 4 heteroatoms. The van der Waals surface area contributed by atoms with Crippen molar-refractivity contribution in [1.29, 1.82) is 0 Å². The number of hydrogen-bond donors (Lipinski definition) is 0. The van der Waals surface area contributed by atoms with Crippen LogP contribution < -0.4 is 0 Å². The summed E-state index contributed by atoms with van der Waals surface area (Å²) in [5.41, 5.74) is -0.330. The van der Waals surface area contributed by atoms with Crippen molar-refractivity contribution in [2.75, 3.05) is 39.8 Å². The van der Waals surface area contributed by atoms with Gasteiger partial charge in [-0.25, -0.2) is 0 Å². The Labute approximate surface area is 110 Å². The minimum absolute atomic E-state index is 0.0139. The van der Waals surface area contributed by atoms with Crippen molar-refractivity contribution in [3.63, 3.8) is 0 Å². The molecule has 0 amide bonds. The highest BCUT2D eigenvalue weighted by Gasteiger charge is 2.47. The maximum Gasteiger partial charge on any atom is 0.326 e. The summed E-state index contributed by atoms with van der Waals surface area (Å²) in [5, 5.41) is 0. The van der Waals surface area contributed by atoms with Crippen LogP contribution >= 0.6 is 0 Å². The lowest BCUT2D eigenvalue weighted by molar-refractivity contribution is -0.162. The summed E-state index contributed by atoms with van der Waals surface area (Å²) >= 11 is 0. The second-order valence-corrected chi connectivity index (χ2v) is 5.60. The number of piperidine rings is 2. The first-order valence-electron chi connectivity index (χ1n) is 7.30. The van der Waals surface area contributed by atoms with Crippen molar-refractivity contribution >= 4 is 5.97 Å². The Kier molecular flexibility index (Phi) is 4.62. The lowest BCUT2D eigenvalue weighted by atomic mass is 9.84. The minimum atomic E-state index is -0.330. The lowest BCUT2D eigenvalue weighted by Gasteiger charge is -2.47. The molecule has 2 heterocycles. The molecule has 2 rings (SSSR count). The maximum absolute atomic E-state index is 12.4. The van der Waals surface area contributed by atoms with E-state index < -0.39 is 0 Å². The van der Waals surface area contributed by atoms with Gasteiger partial charge in [-0.05, 0) is 52.7 Å². The van der Waals surface area contributed by atoms with E-state index in [0.29, 0.717) is 6.61 Å². The number of carbonyl (C=O) groups excluding carboxylic acids is 1. The van der Waals surface area contributed by atoms with Gasteiger partial charge in [0.15, 0.2) is 0 Å². The largest absolute Gasteiger partial charge is 0.465 e. The fraction of sp³-hybridized carbons (Fsp3) is 0.929. The molecule has 0 radical (unpaired) electrons. The molecule has 0 aromatic rings. The summed E-state index contributed by atoms with van der Waals surface area (Å²) in [7, 11) is 2.13. The molecule has 2 aliphatic rings. The average Bonchev–Trinajstić information content (AvgIpc) is 2.41. The van der Waals surface area contributed by atoms with Crippen LogP contribution in [0.1, 0.15) is 39.0 Å². The molecule has 0 aromatic carbocycles. The SMILES string of the molecule is CCOC(=O)C1(N2CCCCC2)CCN(C)CC1. The van der Waals surface area contributed by atoms with Gasteiger partial charge in [-0.2, -0.15) is 0 Å². The number of carbonyl (C=O) groups is 1. The summed E-state index contributed by atoms with van der Waals surface area (Å²) in [6.07, 6.45) is 5.58. The number of likely N-dealkylation sites (tertiary alicyclic amines) is 2. The Morgan fingerprint density at radius 2 is 1.72 bits per heavy atom. The average molecular weight is 254 g/mol. The minimum Gasteiger partial charge on any atom is -0.465 e. The summed E-state index contributed by atoms with van der Waals surface area (Å²) < 4.78 is 5.37. The van der Waals surface area contributed by atoms with Crippen molar-refractivity contribution in [2.24, 2.45) is 0 Å². The van der Waals surface area contributed by atoms with Gasteiger partial charge in [0.1, 0.15) is 5.54 Å². The Hall–Kier alpha value is -0.610. The molecule has 0 N–H and O–H groups in total. The number of ether oxygens (including phenoxy) is 1. The third-order valence-corrected chi connectivity index (χ3v) is 4.43. The molecule has 0 atom stereocenters. The third kappa shape index (κ3) is 2.69. The van der Waals surface area contributed by atoms with Crippen LogP contribution in [0, 0.1) is 0 Å². The van der Waals surface area contributed by atoms with E-state index in [4.69, 9.17) is 4.74 Å². The molecule has 104 valence electrons. The van der Waals surface area contributed by atoms with Crippen molar-refractivity contribution in [3.8, 4) is 0 Å². The third-order valence-electron chi connectivity index (χ3n) is 4.43. The molecule has 0 spiro atoms. The smallest absolute Gasteiger partial charge is 0.326 e. The maximum atomic E-state index is 12.4. The first-order chi connectivity index (χ1) is 8.69. The number of rotatable bonds is 3.